The Morgan fingerprint density at radius 2 is 2.25 bits per heavy atom. The van der Waals surface area contributed by atoms with Gasteiger partial charge in [0.05, 0.1) is 0 Å². The van der Waals surface area contributed by atoms with Crippen LogP contribution in [0.4, 0.5) is 0 Å². The van der Waals surface area contributed by atoms with Gasteiger partial charge in [-0.05, 0) is 6.42 Å². The fourth-order valence-corrected chi connectivity index (χ4v) is 2.41. The summed E-state index contributed by atoms with van der Waals surface area (Å²) in [5.74, 6) is -0.702. The topological polar surface area (TPSA) is 60.9 Å². The van der Waals surface area contributed by atoms with Crippen LogP contribution in [0.15, 0.2) is 12.2 Å². The number of hydrogen-bond donors (Lipinski definition) is 1. The van der Waals surface area contributed by atoms with Crippen LogP contribution in [0.1, 0.15) is 12.8 Å². The fourth-order valence-electron chi connectivity index (χ4n) is 2.41. The van der Waals surface area contributed by atoms with Crippen molar-refractivity contribution in [2.24, 2.45) is 0 Å². The quantitative estimate of drug-likeness (QED) is 0.682. The summed E-state index contributed by atoms with van der Waals surface area (Å²) in [7, 11) is 0. The highest BCUT2D eigenvalue weighted by molar-refractivity contribution is 5.86. The summed E-state index contributed by atoms with van der Waals surface area (Å²) in [5, 5.41) is 8.75. The molecule has 0 spiro atoms. The van der Waals surface area contributed by atoms with Crippen LogP contribution in [0.5, 0.6) is 0 Å². The van der Waals surface area contributed by atoms with Crippen LogP contribution in [0, 0.1) is 0 Å². The number of carbonyl (C=O) groups is 2. The van der Waals surface area contributed by atoms with Gasteiger partial charge in [0, 0.05) is 44.2 Å². The van der Waals surface area contributed by atoms with E-state index in [9.17, 15) is 9.59 Å². The minimum atomic E-state index is -0.940. The van der Waals surface area contributed by atoms with E-state index in [4.69, 9.17) is 5.11 Å². The largest absolute Gasteiger partial charge is 0.478 e. The van der Waals surface area contributed by atoms with E-state index in [2.05, 4.69) is 11.5 Å². The molecule has 1 N–H and O–H groups in total. The molecule has 1 unspecified atom stereocenters. The molecule has 0 saturated carbocycles. The highest BCUT2D eigenvalue weighted by Gasteiger charge is 2.35. The molecule has 0 bridgehead atoms. The zero-order chi connectivity index (χ0) is 11.7. The summed E-state index contributed by atoms with van der Waals surface area (Å²) in [6, 6.07) is 0.280. The first kappa shape index (κ1) is 11.1. The molecule has 2 rings (SSSR count). The Balaban J connectivity index is 1.90. The highest BCUT2D eigenvalue weighted by Crippen LogP contribution is 2.22. The maximum Gasteiger partial charge on any atom is 0.332 e. The predicted molar refractivity (Wildman–Crippen MR) is 58.0 cm³/mol. The number of fused-ring (bicyclic) bond motifs is 1. The molecule has 16 heavy (non-hydrogen) atoms. The van der Waals surface area contributed by atoms with Crippen LogP contribution in [0.3, 0.4) is 0 Å². The Morgan fingerprint density at radius 1 is 1.50 bits per heavy atom. The molecule has 2 aliphatic rings. The molecule has 2 heterocycles. The van der Waals surface area contributed by atoms with Gasteiger partial charge in [0.2, 0.25) is 5.91 Å². The second-order valence-electron chi connectivity index (χ2n) is 4.42. The molecule has 0 aliphatic carbocycles. The molecule has 2 fully saturated rings. The van der Waals surface area contributed by atoms with E-state index in [1.165, 1.54) is 0 Å². The van der Waals surface area contributed by atoms with Crippen molar-refractivity contribution in [1.82, 2.24) is 9.80 Å². The van der Waals surface area contributed by atoms with Crippen molar-refractivity contribution in [2.45, 2.75) is 18.9 Å². The Kier molecular flexibility index (Phi) is 2.96. The van der Waals surface area contributed by atoms with Gasteiger partial charge in [0.15, 0.2) is 0 Å². The van der Waals surface area contributed by atoms with Gasteiger partial charge < -0.3 is 10.0 Å². The van der Waals surface area contributed by atoms with Crippen molar-refractivity contribution in [1.29, 1.82) is 0 Å². The van der Waals surface area contributed by atoms with Gasteiger partial charge in [0.25, 0.3) is 0 Å². The van der Waals surface area contributed by atoms with Gasteiger partial charge in [-0.25, -0.2) is 4.79 Å². The lowest BCUT2D eigenvalue weighted by molar-refractivity contribution is -0.134. The second-order valence-corrected chi connectivity index (χ2v) is 4.42. The lowest BCUT2D eigenvalue weighted by Gasteiger charge is -2.37. The number of amides is 1. The number of carboxylic acids is 1. The molecule has 5 heteroatoms. The third-order valence-corrected chi connectivity index (χ3v) is 3.30. The minimum absolute atomic E-state index is 0.220. The van der Waals surface area contributed by atoms with E-state index in [0.29, 0.717) is 13.0 Å². The summed E-state index contributed by atoms with van der Waals surface area (Å²) >= 11 is 0. The molecule has 0 aromatic rings. The SMILES string of the molecule is C=C(CN1CCN2C(=O)CCC2C1)C(=O)O. The summed E-state index contributed by atoms with van der Waals surface area (Å²) in [6.45, 7) is 6.16. The number of carboxylic acid groups (broad SMARTS) is 1. The van der Waals surface area contributed by atoms with E-state index in [-0.39, 0.29) is 17.5 Å². The van der Waals surface area contributed by atoms with Crippen LogP contribution in [-0.2, 0) is 9.59 Å². The van der Waals surface area contributed by atoms with Crippen LogP contribution < -0.4 is 0 Å². The van der Waals surface area contributed by atoms with Gasteiger partial charge in [-0.15, -0.1) is 0 Å². The third-order valence-electron chi connectivity index (χ3n) is 3.30. The molecule has 2 aliphatic heterocycles. The lowest BCUT2D eigenvalue weighted by Crippen LogP contribution is -2.51. The zero-order valence-corrected chi connectivity index (χ0v) is 9.19. The van der Waals surface area contributed by atoms with Crippen molar-refractivity contribution in [3.05, 3.63) is 12.2 Å². The van der Waals surface area contributed by atoms with E-state index in [1.807, 2.05) is 4.90 Å². The Hall–Kier alpha value is -1.36. The molecule has 1 atom stereocenters. The monoisotopic (exact) mass is 224 g/mol. The summed E-state index contributed by atoms with van der Waals surface area (Å²) < 4.78 is 0. The van der Waals surface area contributed by atoms with Crippen LogP contribution in [0.25, 0.3) is 0 Å². The molecule has 2 saturated heterocycles. The van der Waals surface area contributed by atoms with E-state index < -0.39 is 5.97 Å². The normalized spacial score (nSPS) is 25.6. The molecule has 1 amide bonds. The average Bonchev–Trinajstić information content (AvgIpc) is 2.60. The first-order valence-electron chi connectivity index (χ1n) is 5.51. The predicted octanol–water partition coefficient (Wildman–Crippen LogP) is -0.0662. The Morgan fingerprint density at radius 3 is 2.94 bits per heavy atom. The summed E-state index contributed by atoms with van der Waals surface area (Å²) in [4.78, 5) is 26.1. The maximum atomic E-state index is 11.4. The fraction of sp³-hybridized carbons (Fsp3) is 0.636. The van der Waals surface area contributed by atoms with Gasteiger partial charge >= 0.3 is 5.97 Å². The zero-order valence-electron chi connectivity index (χ0n) is 9.19. The first-order valence-corrected chi connectivity index (χ1v) is 5.51. The van der Waals surface area contributed by atoms with Crippen molar-refractivity contribution in [3.63, 3.8) is 0 Å². The van der Waals surface area contributed by atoms with Gasteiger partial charge in [-0.2, -0.15) is 0 Å². The van der Waals surface area contributed by atoms with Crippen molar-refractivity contribution in [2.75, 3.05) is 26.2 Å². The van der Waals surface area contributed by atoms with Crippen LogP contribution in [0.2, 0.25) is 0 Å². The number of nitrogens with zero attached hydrogens (tertiary/aromatic N) is 2. The van der Waals surface area contributed by atoms with Gasteiger partial charge in [-0.1, -0.05) is 6.58 Å². The van der Waals surface area contributed by atoms with Crippen molar-refractivity contribution >= 4 is 11.9 Å². The Labute approximate surface area is 94.3 Å². The smallest absolute Gasteiger partial charge is 0.332 e. The minimum Gasteiger partial charge on any atom is -0.478 e. The molecular formula is C11H16N2O3. The van der Waals surface area contributed by atoms with Gasteiger partial charge in [-0.3, -0.25) is 9.69 Å². The summed E-state index contributed by atoms with van der Waals surface area (Å²) in [5.41, 5.74) is 0.220. The molecule has 0 radical (unpaired) electrons. The summed E-state index contributed by atoms with van der Waals surface area (Å²) in [6.07, 6.45) is 1.53. The molecule has 0 aromatic carbocycles. The van der Waals surface area contributed by atoms with E-state index in [1.54, 1.807) is 0 Å². The van der Waals surface area contributed by atoms with Crippen molar-refractivity contribution in [3.8, 4) is 0 Å². The van der Waals surface area contributed by atoms with E-state index >= 15 is 0 Å². The molecule has 0 aromatic heterocycles. The lowest BCUT2D eigenvalue weighted by atomic mass is 10.1. The first-order chi connectivity index (χ1) is 7.58. The number of piperazine rings is 1. The number of aliphatic carboxylic acids is 1. The van der Waals surface area contributed by atoms with Crippen LogP contribution in [-0.4, -0.2) is 59.0 Å². The number of rotatable bonds is 3. The maximum absolute atomic E-state index is 11.4. The standard InChI is InChI=1S/C11H16N2O3/c1-8(11(15)16)6-12-4-5-13-9(7-12)2-3-10(13)14/h9H,1-7H2,(H,15,16). The second kappa shape index (κ2) is 4.25. The third kappa shape index (κ3) is 2.09. The van der Waals surface area contributed by atoms with E-state index in [0.717, 1.165) is 26.1 Å². The number of hydrogen-bond acceptors (Lipinski definition) is 3. The van der Waals surface area contributed by atoms with Crippen LogP contribution >= 0.6 is 0 Å². The average molecular weight is 224 g/mol. The molecule has 5 nitrogen and oxygen atoms in total. The van der Waals surface area contributed by atoms with Gasteiger partial charge in [0.1, 0.15) is 0 Å². The molecule has 88 valence electrons. The highest BCUT2D eigenvalue weighted by atomic mass is 16.4. The Bertz CT molecular complexity index is 340. The molecular weight excluding hydrogens is 208 g/mol. The van der Waals surface area contributed by atoms with Crippen molar-refractivity contribution < 1.29 is 14.7 Å². The number of carbonyl (C=O) groups excluding carboxylic acids is 1.